The highest BCUT2D eigenvalue weighted by atomic mass is 35.5. The van der Waals surface area contributed by atoms with Crippen LogP contribution in [0.15, 0.2) is 42.5 Å². The van der Waals surface area contributed by atoms with Gasteiger partial charge in [-0.2, -0.15) is 0 Å². The summed E-state index contributed by atoms with van der Waals surface area (Å²) in [5.41, 5.74) is 6.29. The summed E-state index contributed by atoms with van der Waals surface area (Å²) < 4.78 is 0. The van der Waals surface area contributed by atoms with Crippen molar-refractivity contribution in [2.45, 2.75) is 49.4 Å². The first-order valence-electron chi connectivity index (χ1n) is 9.87. The van der Waals surface area contributed by atoms with Crippen LogP contribution in [0.3, 0.4) is 0 Å². The molecule has 7 nitrogen and oxygen atoms in total. The minimum atomic E-state index is -1.95. The number of hydrogen-bond acceptors (Lipinski definition) is 7. The van der Waals surface area contributed by atoms with Gasteiger partial charge in [-0.25, -0.2) is 0 Å². The second-order valence-electron chi connectivity index (χ2n) is 7.89. The SMILES string of the molecule is CCc1ccc(C(N)(O)c2cc(C3C(O)C(O)C(O)C(CO)C3O)ccc2Cl)cc1. The molecule has 0 bridgehead atoms. The Balaban J connectivity index is 2.03. The summed E-state index contributed by atoms with van der Waals surface area (Å²) in [5.74, 6) is -2.08. The second kappa shape index (κ2) is 8.90. The summed E-state index contributed by atoms with van der Waals surface area (Å²) in [6.07, 6.45) is -5.05. The van der Waals surface area contributed by atoms with Crippen molar-refractivity contribution in [1.29, 1.82) is 0 Å². The molecular weight excluding hydrogens is 410 g/mol. The highest BCUT2D eigenvalue weighted by molar-refractivity contribution is 6.31. The Hall–Kier alpha value is -1.55. The molecule has 1 aliphatic carbocycles. The van der Waals surface area contributed by atoms with Crippen molar-refractivity contribution >= 4 is 11.6 Å². The van der Waals surface area contributed by atoms with E-state index >= 15 is 0 Å². The maximum absolute atomic E-state index is 11.1. The fraction of sp³-hybridized carbons (Fsp3) is 0.455. The number of aryl methyl sites for hydroxylation is 1. The first-order chi connectivity index (χ1) is 14.1. The van der Waals surface area contributed by atoms with E-state index in [1.165, 1.54) is 18.2 Å². The number of benzene rings is 2. The van der Waals surface area contributed by atoms with E-state index in [-0.39, 0.29) is 10.6 Å². The van der Waals surface area contributed by atoms with Crippen LogP contribution in [-0.4, -0.2) is 61.7 Å². The van der Waals surface area contributed by atoms with E-state index in [1.807, 2.05) is 19.1 Å². The molecule has 8 N–H and O–H groups in total. The minimum Gasteiger partial charge on any atom is -0.396 e. The van der Waals surface area contributed by atoms with Gasteiger partial charge in [-0.05, 0) is 29.7 Å². The van der Waals surface area contributed by atoms with Crippen LogP contribution in [0.2, 0.25) is 5.02 Å². The van der Waals surface area contributed by atoms with Crippen molar-refractivity contribution < 1.29 is 30.6 Å². The molecule has 30 heavy (non-hydrogen) atoms. The normalized spacial score (nSPS) is 31.4. The Kier molecular flexibility index (Phi) is 6.86. The average molecular weight is 438 g/mol. The van der Waals surface area contributed by atoms with Gasteiger partial charge in [-0.3, -0.25) is 5.73 Å². The lowest BCUT2D eigenvalue weighted by atomic mass is 9.70. The van der Waals surface area contributed by atoms with Crippen LogP contribution >= 0.6 is 11.6 Å². The molecule has 8 heteroatoms. The van der Waals surface area contributed by atoms with Gasteiger partial charge in [-0.15, -0.1) is 0 Å². The molecule has 7 unspecified atom stereocenters. The van der Waals surface area contributed by atoms with E-state index in [2.05, 4.69) is 0 Å². The molecule has 164 valence electrons. The van der Waals surface area contributed by atoms with Crippen LogP contribution in [-0.2, 0) is 12.1 Å². The molecule has 0 heterocycles. The number of nitrogens with two attached hydrogens (primary N) is 1. The smallest absolute Gasteiger partial charge is 0.167 e. The zero-order valence-corrected chi connectivity index (χ0v) is 17.3. The van der Waals surface area contributed by atoms with E-state index < -0.39 is 48.6 Å². The molecule has 1 fully saturated rings. The van der Waals surface area contributed by atoms with Gasteiger partial charge < -0.3 is 30.6 Å². The van der Waals surface area contributed by atoms with Crippen LogP contribution in [0.1, 0.15) is 35.1 Å². The maximum atomic E-state index is 11.1. The van der Waals surface area contributed by atoms with Crippen LogP contribution in [0.25, 0.3) is 0 Å². The molecule has 0 saturated heterocycles. The molecular formula is C22H28ClNO6. The quantitative estimate of drug-likeness (QED) is 0.330. The van der Waals surface area contributed by atoms with E-state index in [1.54, 1.807) is 12.1 Å². The molecule has 0 spiro atoms. The predicted octanol–water partition coefficient (Wildman–Crippen LogP) is 0.204. The lowest BCUT2D eigenvalue weighted by Crippen LogP contribution is -2.58. The Morgan fingerprint density at radius 2 is 1.57 bits per heavy atom. The monoisotopic (exact) mass is 437 g/mol. The Morgan fingerprint density at radius 3 is 2.13 bits per heavy atom. The summed E-state index contributed by atoms with van der Waals surface area (Å²) in [6.45, 7) is 1.43. The van der Waals surface area contributed by atoms with Crippen molar-refractivity contribution in [3.05, 3.63) is 69.7 Å². The molecule has 0 amide bonds. The molecule has 1 saturated carbocycles. The fourth-order valence-electron chi connectivity index (χ4n) is 4.14. The highest BCUT2D eigenvalue weighted by Gasteiger charge is 2.49. The van der Waals surface area contributed by atoms with E-state index in [0.29, 0.717) is 11.1 Å². The lowest BCUT2D eigenvalue weighted by Gasteiger charge is -2.44. The Morgan fingerprint density at radius 1 is 0.933 bits per heavy atom. The van der Waals surface area contributed by atoms with E-state index in [9.17, 15) is 30.6 Å². The van der Waals surface area contributed by atoms with Gasteiger partial charge >= 0.3 is 0 Å². The molecule has 0 aliphatic heterocycles. The van der Waals surface area contributed by atoms with Crippen molar-refractivity contribution in [3.8, 4) is 0 Å². The molecule has 3 rings (SSSR count). The number of rotatable bonds is 5. The molecule has 0 aromatic heterocycles. The third kappa shape index (κ3) is 4.00. The number of halogens is 1. The van der Waals surface area contributed by atoms with E-state index in [0.717, 1.165) is 12.0 Å². The van der Waals surface area contributed by atoms with Crippen molar-refractivity contribution in [2.24, 2.45) is 11.7 Å². The number of hydrogen-bond donors (Lipinski definition) is 7. The van der Waals surface area contributed by atoms with Crippen LogP contribution in [0.5, 0.6) is 0 Å². The molecule has 2 aromatic carbocycles. The van der Waals surface area contributed by atoms with Gasteiger partial charge in [-0.1, -0.05) is 48.9 Å². The van der Waals surface area contributed by atoms with Gasteiger partial charge in [0.15, 0.2) is 5.72 Å². The lowest BCUT2D eigenvalue weighted by molar-refractivity contribution is -0.169. The van der Waals surface area contributed by atoms with Gasteiger partial charge in [0.05, 0.1) is 24.9 Å². The Labute approximate surface area is 180 Å². The fourth-order valence-corrected chi connectivity index (χ4v) is 4.40. The Bertz CT molecular complexity index is 874. The van der Waals surface area contributed by atoms with Crippen molar-refractivity contribution in [2.75, 3.05) is 6.61 Å². The average Bonchev–Trinajstić information content (AvgIpc) is 2.73. The topological polar surface area (TPSA) is 147 Å². The summed E-state index contributed by atoms with van der Waals surface area (Å²) in [6, 6.07) is 11.6. The molecule has 2 aromatic rings. The van der Waals surface area contributed by atoms with Crippen LogP contribution in [0.4, 0.5) is 0 Å². The zero-order chi connectivity index (χ0) is 22.2. The van der Waals surface area contributed by atoms with E-state index in [4.69, 9.17) is 17.3 Å². The maximum Gasteiger partial charge on any atom is 0.167 e. The van der Waals surface area contributed by atoms with Gasteiger partial charge in [0.25, 0.3) is 0 Å². The summed E-state index contributed by atoms with van der Waals surface area (Å²) in [7, 11) is 0. The first-order valence-corrected chi connectivity index (χ1v) is 10.2. The second-order valence-corrected chi connectivity index (χ2v) is 8.30. The molecule has 0 radical (unpaired) electrons. The zero-order valence-electron chi connectivity index (χ0n) is 16.6. The van der Waals surface area contributed by atoms with Gasteiger partial charge in [0.1, 0.15) is 6.10 Å². The molecule has 1 aliphatic rings. The first kappa shape index (κ1) is 23.1. The predicted molar refractivity (Wildman–Crippen MR) is 112 cm³/mol. The van der Waals surface area contributed by atoms with Crippen molar-refractivity contribution in [1.82, 2.24) is 0 Å². The summed E-state index contributed by atoms with van der Waals surface area (Å²) in [5, 5.41) is 62.2. The third-order valence-corrected chi connectivity index (χ3v) is 6.44. The number of aliphatic hydroxyl groups is 6. The van der Waals surface area contributed by atoms with Crippen LogP contribution in [0, 0.1) is 5.92 Å². The number of aliphatic hydroxyl groups excluding tert-OH is 5. The minimum absolute atomic E-state index is 0.159. The third-order valence-electron chi connectivity index (χ3n) is 6.11. The highest BCUT2D eigenvalue weighted by Crippen LogP contribution is 2.40. The standard InChI is InChI=1S/C22H28ClNO6/c1-2-11-3-6-13(7-4-11)22(24,30)15-9-12(5-8-16(15)23)17-18(26)14(10-25)19(27)21(29)20(17)28/h3-9,14,17-21,25-30H,2,10,24H2,1H3. The summed E-state index contributed by atoms with van der Waals surface area (Å²) in [4.78, 5) is 0. The van der Waals surface area contributed by atoms with Crippen molar-refractivity contribution in [3.63, 3.8) is 0 Å². The van der Waals surface area contributed by atoms with Gasteiger partial charge in [0.2, 0.25) is 0 Å². The van der Waals surface area contributed by atoms with Crippen LogP contribution < -0.4 is 5.73 Å². The largest absolute Gasteiger partial charge is 0.396 e. The van der Waals surface area contributed by atoms with Gasteiger partial charge in [0, 0.05) is 28.0 Å². The molecule has 7 atom stereocenters. The summed E-state index contributed by atoms with van der Waals surface area (Å²) >= 11 is 6.31.